The van der Waals surface area contributed by atoms with E-state index in [0.717, 1.165) is 12.5 Å². The third-order valence-corrected chi connectivity index (χ3v) is 5.03. The van der Waals surface area contributed by atoms with Crippen LogP contribution in [0, 0.1) is 0 Å². The van der Waals surface area contributed by atoms with Gasteiger partial charge in [0.25, 0.3) is 0 Å². The summed E-state index contributed by atoms with van der Waals surface area (Å²) in [5, 5.41) is 3.67. The van der Waals surface area contributed by atoms with Gasteiger partial charge in [-0.05, 0) is 60.8 Å². The largest absolute Gasteiger partial charge is 0.306 e. The number of hydrogen-bond donors (Lipinski definition) is 1. The maximum atomic E-state index is 3.67. The van der Waals surface area contributed by atoms with E-state index in [1.54, 1.807) is 17.3 Å². The van der Waals surface area contributed by atoms with E-state index in [9.17, 15) is 0 Å². The molecular weight excluding hydrogens is 274 g/mol. The minimum atomic E-state index is 0.383. The molecule has 2 heteroatoms. The van der Waals surface area contributed by atoms with Crippen LogP contribution < -0.4 is 5.32 Å². The van der Waals surface area contributed by atoms with Gasteiger partial charge in [0, 0.05) is 17.5 Å². The van der Waals surface area contributed by atoms with Crippen LogP contribution in [0.1, 0.15) is 48.4 Å². The van der Waals surface area contributed by atoms with Crippen LogP contribution in [0.2, 0.25) is 0 Å². The first-order chi connectivity index (χ1) is 10.3. The van der Waals surface area contributed by atoms with Crippen molar-refractivity contribution in [1.29, 1.82) is 0 Å². The van der Waals surface area contributed by atoms with Gasteiger partial charge in [-0.25, -0.2) is 0 Å². The summed E-state index contributed by atoms with van der Waals surface area (Å²) in [5.74, 6) is 0.819. The summed E-state index contributed by atoms with van der Waals surface area (Å²) in [6.45, 7) is 3.20. The van der Waals surface area contributed by atoms with Gasteiger partial charge in [0.05, 0.1) is 0 Å². The van der Waals surface area contributed by atoms with Crippen molar-refractivity contribution in [2.75, 3.05) is 6.26 Å². The maximum Gasteiger partial charge on any atom is 0.0294 e. The fourth-order valence-corrected chi connectivity index (χ4v) is 3.17. The molecule has 0 spiro atoms. The Labute approximate surface area is 132 Å². The zero-order valence-corrected chi connectivity index (χ0v) is 13.6. The first kappa shape index (κ1) is 14.7. The lowest BCUT2D eigenvalue weighted by Crippen LogP contribution is -2.18. The lowest BCUT2D eigenvalue weighted by Gasteiger charge is -2.16. The molecule has 0 bridgehead atoms. The Bertz CT molecular complexity index is 587. The standard InChI is InChI=1S/C19H23NS/c1-14(15-9-11-18(21-2)12-10-15)20-13-17-5-3-4-6-19(17)16-7-8-16/h3-6,9-12,14,16,20H,7-8,13H2,1-2H3. The van der Waals surface area contributed by atoms with E-state index in [1.807, 2.05) is 0 Å². The number of nitrogens with one attached hydrogen (secondary N) is 1. The van der Waals surface area contributed by atoms with Gasteiger partial charge in [0.1, 0.15) is 0 Å². The average molecular weight is 297 g/mol. The van der Waals surface area contributed by atoms with E-state index in [0.29, 0.717) is 6.04 Å². The molecule has 0 amide bonds. The van der Waals surface area contributed by atoms with Crippen molar-refractivity contribution in [1.82, 2.24) is 5.32 Å². The molecule has 2 aromatic rings. The predicted octanol–water partition coefficient (Wildman–Crippen LogP) is 5.14. The summed E-state index contributed by atoms with van der Waals surface area (Å²) in [4.78, 5) is 1.32. The van der Waals surface area contributed by atoms with E-state index in [-0.39, 0.29) is 0 Å². The number of thioether (sulfide) groups is 1. The van der Waals surface area contributed by atoms with Gasteiger partial charge in [0.15, 0.2) is 0 Å². The minimum absolute atomic E-state index is 0.383. The van der Waals surface area contributed by atoms with E-state index in [4.69, 9.17) is 0 Å². The highest BCUT2D eigenvalue weighted by atomic mass is 32.2. The molecule has 1 nitrogen and oxygen atoms in total. The van der Waals surface area contributed by atoms with Gasteiger partial charge < -0.3 is 5.32 Å². The minimum Gasteiger partial charge on any atom is -0.306 e. The highest BCUT2D eigenvalue weighted by Crippen LogP contribution is 2.41. The molecule has 0 saturated heterocycles. The third kappa shape index (κ3) is 3.69. The fraction of sp³-hybridized carbons (Fsp3) is 0.368. The van der Waals surface area contributed by atoms with Gasteiger partial charge in [0.2, 0.25) is 0 Å². The summed E-state index contributed by atoms with van der Waals surface area (Å²) in [7, 11) is 0. The lowest BCUT2D eigenvalue weighted by atomic mass is 10.0. The van der Waals surface area contributed by atoms with Crippen LogP contribution in [-0.4, -0.2) is 6.26 Å². The zero-order valence-electron chi connectivity index (χ0n) is 12.8. The van der Waals surface area contributed by atoms with Crippen molar-refractivity contribution in [2.24, 2.45) is 0 Å². The molecule has 0 aliphatic heterocycles. The molecule has 2 aromatic carbocycles. The van der Waals surface area contributed by atoms with Crippen molar-refractivity contribution in [3.05, 3.63) is 65.2 Å². The number of hydrogen-bond acceptors (Lipinski definition) is 2. The highest BCUT2D eigenvalue weighted by molar-refractivity contribution is 7.98. The molecule has 1 fully saturated rings. The second-order valence-electron chi connectivity index (χ2n) is 5.85. The summed E-state index contributed by atoms with van der Waals surface area (Å²) >= 11 is 1.79. The molecule has 1 atom stereocenters. The first-order valence-electron chi connectivity index (χ1n) is 7.73. The Kier molecular flexibility index (Phi) is 4.67. The van der Waals surface area contributed by atoms with Crippen LogP contribution in [0.4, 0.5) is 0 Å². The van der Waals surface area contributed by atoms with Crippen LogP contribution in [0.25, 0.3) is 0 Å². The Balaban J connectivity index is 1.64. The van der Waals surface area contributed by atoms with Gasteiger partial charge in [-0.1, -0.05) is 36.4 Å². The smallest absolute Gasteiger partial charge is 0.0294 e. The van der Waals surface area contributed by atoms with E-state index in [2.05, 4.69) is 67.0 Å². The van der Waals surface area contributed by atoms with E-state index >= 15 is 0 Å². The molecule has 21 heavy (non-hydrogen) atoms. The Hall–Kier alpha value is -1.25. The summed E-state index contributed by atoms with van der Waals surface area (Å²) < 4.78 is 0. The van der Waals surface area contributed by atoms with Gasteiger partial charge in [-0.3, -0.25) is 0 Å². The SMILES string of the molecule is CSc1ccc(C(C)NCc2ccccc2C2CC2)cc1. The van der Waals surface area contributed by atoms with E-state index in [1.165, 1.54) is 28.9 Å². The van der Waals surface area contributed by atoms with Crippen LogP contribution in [-0.2, 0) is 6.54 Å². The quantitative estimate of drug-likeness (QED) is 0.741. The van der Waals surface area contributed by atoms with Crippen molar-refractivity contribution in [3.63, 3.8) is 0 Å². The highest BCUT2D eigenvalue weighted by Gasteiger charge is 2.25. The van der Waals surface area contributed by atoms with Crippen molar-refractivity contribution < 1.29 is 0 Å². The first-order valence-corrected chi connectivity index (χ1v) is 8.95. The molecule has 1 unspecified atom stereocenters. The van der Waals surface area contributed by atoms with Crippen LogP contribution >= 0.6 is 11.8 Å². The lowest BCUT2D eigenvalue weighted by molar-refractivity contribution is 0.572. The van der Waals surface area contributed by atoms with Crippen LogP contribution in [0.5, 0.6) is 0 Å². The van der Waals surface area contributed by atoms with Crippen molar-refractivity contribution in [2.45, 2.75) is 43.2 Å². The molecular formula is C19H23NS. The molecule has 0 heterocycles. The number of rotatable bonds is 6. The van der Waals surface area contributed by atoms with Crippen LogP contribution in [0.3, 0.4) is 0 Å². The average Bonchev–Trinajstić information content (AvgIpc) is 3.38. The molecule has 110 valence electrons. The Morgan fingerprint density at radius 3 is 2.48 bits per heavy atom. The number of benzene rings is 2. The second kappa shape index (κ2) is 6.67. The van der Waals surface area contributed by atoms with Gasteiger partial charge >= 0.3 is 0 Å². The molecule has 1 aliphatic rings. The summed E-state index contributed by atoms with van der Waals surface area (Å²) in [5.41, 5.74) is 4.37. The van der Waals surface area contributed by atoms with E-state index < -0.39 is 0 Å². The normalized spacial score (nSPS) is 15.9. The third-order valence-electron chi connectivity index (χ3n) is 4.29. The van der Waals surface area contributed by atoms with Gasteiger partial charge in [-0.15, -0.1) is 11.8 Å². The Morgan fingerprint density at radius 1 is 1.10 bits per heavy atom. The predicted molar refractivity (Wildman–Crippen MR) is 91.9 cm³/mol. The monoisotopic (exact) mass is 297 g/mol. The summed E-state index contributed by atoms with van der Waals surface area (Å²) in [6.07, 6.45) is 4.84. The molecule has 3 rings (SSSR count). The molecule has 1 saturated carbocycles. The Morgan fingerprint density at radius 2 is 1.81 bits per heavy atom. The summed E-state index contributed by atoms with van der Waals surface area (Å²) in [6, 6.07) is 18.1. The molecule has 1 aliphatic carbocycles. The topological polar surface area (TPSA) is 12.0 Å². The molecule has 1 N–H and O–H groups in total. The van der Waals surface area contributed by atoms with Crippen molar-refractivity contribution >= 4 is 11.8 Å². The molecule has 0 aromatic heterocycles. The van der Waals surface area contributed by atoms with Crippen LogP contribution in [0.15, 0.2) is 53.4 Å². The fourth-order valence-electron chi connectivity index (χ4n) is 2.76. The maximum absolute atomic E-state index is 3.67. The van der Waals surface area contributed by atoms with Gasteiger partial charge in [-0.2, -0.15) is 0 Å². The second-order valence-corrected chi connectivity index (χ2v) is 6.73. The zero-order chi connectivity index (χ0) is 14.7. The molecule has 0 radical (unpaired) electrons. The van der Waals surface area contributed by atoms with Crippen molar-refractivity contribution in [3.8, 4) is 0 Å².